The minimum Gasteiger partial charge on any atom is -0.366 e. The van der Waals surface area contributed by atoms with E-state index in [1.807, 2.05) is 36.4 Å². The normalized spacial score (nSPS) is 10.4. The lowest BCUT2D eigenvalue weighted by Gasteiger charge is -2.10. The van der Waals surface area contributed by atoms with E-state index in [4.69, 9.17) is 11.0 Å². The largest absolute Gasteiger partial charge is 0.366 e. The van der Waals surface area contributed by atoms with Crippen molar-refractivity contribution < 1.29 is 4.79 Å². The van der Waals surface area contributed by atoms with Gasteiger partial charge in [-0.25, -0.2) is 4.98 Å². The van der Waals surface area contributed by atoms with E-state index in [1.54, 1.807) is 13.1 Å². The van der Waals surface area contributed by atoms with Crippen LogP contribution in [-0.2, 0) is 0 Å². The zero-order chi connectivity index (χ0) is 15.7. The van der Waals surface area contributed by atoms with Gasteiger partial charge in [-0.1, -0.05) is 12.1 Å². The number of aromatic nitrogens is 2. The van der Waals surface area contributed by atoms with Crippen LogP contribution in [0.15, 0.2) is 42.6 Å². The molecule has 0 unspecified atom stereocenters. The number of nitrogens with two attached hydrogens (primary N) is 1. The van der Waals surface area contributed by atoms with Gasteiger partial charge in [0.1, 0.15) is 11.8 Å². The summed E-state index contributed by atoms with van der Waals surface area (Å²) in [4.78, 5) is 20.2. The summed E-state index contributed by atoms with van der Waals surface area (Å²) in [7, 11) is 0. The Labute approximate surface area is 127 Å². The molecule has 0 radical (unpaired) electrons. The predicted molar refractivity (Wildman–Crippen MR) is 82.9 cm³/mol. The first-order chi connectivity index (χ1) is 10.6. The summed E-state index contributed by atoms with van der Waals surface area (Å²) >= 11 is 0. The van der Waals surface area contributed by atoms with Crippen molar-refractivity contribution in [3.05, 3.63) is 59.4 Å². The molecule has 2 heterocycles. The molecule has 0 atom stereocenters. The van der Waals surface area contributed by atoms with Crippen LogP contribution >= 0.6 is 0 Å². The first-order valence-corrected chi connectivity index (χ1v) is 6.67. The van der Waals surface area contributed by atoms with Crippen LogP contribution in [0.3, 0.4) is 0 Å². The van der Waals surface area contributed by atoms with Gasteiger partial charge >= 0.3 is 0 Å². The third-order valence-corrected chi connectivity index (χ3v) is 3.53. The van der Waals surface area contributed by atoms with Crippen LogP contribution in [0, 0.1) is 18.3 Å². The minimum absolute atomic E-state index is 0.167. The molecule has 106 valence electrons. The number of nitrogens with zero attached hydrogens (tertiary/aromatic N) is 3. The average Bonchev–Trinajstić information content (AvgIpc) is 2.54. The average molecular weight is 288 g/mol. The van der Waals surface area contributed by atoms with E-state index in [-0.39, 0.29) is 5.69 Å². The number of hydrogen-bond acceptors (Lipinski definition) is 4. The Morgan fingerprint density at radius 1 is 1.27 bits per heavy atom. The molecule has 5 nitrogen and oxygen atoms in total. The Balaban J connectivity index is 2.27. The molecule has 0 aliphatic rings. The Kier molecular flexibility index (Phi) is 3.28. The van der Waals surface area contributed by atoms with Crippen molar-refractivity contribution in [2.75, 3.05) is 0 Å². The van der Waals surface area contributed by atoms with Gasteiger partial charge in [0.05, 0.1) is 11.2 Å². The standard InChI is InChI=1S/C17H12N4O/c1-10-14(17(19)22)8-13(9-18)21-16(10)12-4-5-15-11(7-12)3-2-6-20-15/h2-8H,1H3,(H2,19,22). The maximum absolute atomic E-state index is 11.6. The number of carbonyl (C=O) groups excluding carboxylic acids is 1. The molecule has 3 aromatic rings. The van der Waals surface area contributed by atoms with Crippen molar-refractivity contribution >= 4 is 16.8 Å². The van der Waals surface area contributed by atoms with Crippen molar-refractivity contribution in [3.8, 4) is 17.3 Å². The fraction of sp³-hybridized carbons (Fsp3) is 0.0588. The summed E-state index contributed by atoms with van der Waals surface area (Å²) < 4.78 is 0. The summed E-state index contributed by atoms with van der Waals surface area (Å²) in [5.41, 5.74) is 8.80. The smallest absolute Gasteiger partial charge is 0.249 e. The van der Waals surface area contributed by atoms with Gasteiger partial charge < -0.3 is 5.73 Å². The molecular weight excluding hydrogens is 276 g/mol. The lowest BCUT2D eigenvalue weighted by Crippen LogP contribution is -2.14. The van der Waals surface area contributed by atoms with Crippen molar-refractivity contribution in [1.82, 2.24) is 9.97 Å². The Morgan fingerprint density at radius 3 is 2.82 bits per heavy atom. The number of rotatable bonds is 2. The highest BCUT2D eigenvalue weighted by molar-refractivity contribution is 5.96. The number of benzene rings is 1. The van der Waals surface area contributed by atoms with Crippen LogP contribution < -0.4 is 5.73 Å². The molecule has 0 aliphatic heterocycles. The Hall–Kier alpha value is -3.26. The number of hydrogen-bond donors (Lipinski definition) is 1. The lowest BCUT2D eigenvalue weighted by atomic mass is 9.99. The quantitative estimate of drug-likeness (QED) is 0.784. The van der Waals surface area contributed by atoms with Gasteiger partial charge in [-0.3, -0.25) is 9.78 Å². The van der Waals surface area contributed by atoms with E-state index < -0.39 is 5.91 Å². The fourth-order valence-corrected chi connectivity index (χ4v) is 2.43. The first-order valence-electron chi connectivity index (χ1n) is 6.67. The highest BCUT2D eigenvalue weighted by atomic mass is 16.1. The minimum atomic E-state index is -0.569. The molecule has 0 aliphatic carbocycles. The van der Waals surface area contributed by atoms with Crippen molar-refractivity contribution in [2.45, 2.75) is 6.92 Å². The second-order valence-electron chi connectivity index (χ2n) is 4.92. The number of amides is 1. The molecule has 2 aromatic heterocycles. The lowest BCUT2D eigenvalue weighted by molar-refractivity contribution is 0.0999. The SMILES string of the molecule is Cc1c(C(N)=O)cc(C#N)nc1-c1ccc2ncccc2c1. The molecule has 0 spiro atoms. The van der Waals surface area contributed by atoms with Gasteiger partial charge in [0.15, 0.2) is 0 Å². The third kappa shape index (κ3) is 2.27. The molecule has 2 N–H and O–H groups in total. The third-order valence-electron chi connectivity index (χ3n) is 3.53. The summed E-state index contributed by atoms with van der Waals surface area (Å²) in [5.74, 6) is -0.569. The Morgan fingerprint density at radius 2 is 2.09 bits per heavy atom. The zero-order valence-corrected chi connectivity index (χ0v) is 11.9. The van der Waals surface area contributed by atoms with E-state index in [9.17, 15) is 4.79 Å². The van der Waals surface area contributed by atoms with Crippen LogP contribution in [-0.4, -0.2) is 15.9 Å². The maximum atomic E-state index is 11.6. The van der Waals surface area contributed by atoms with Crippen molar-refractivity contribution in [3.63, 3.8) is 0 Å². The molecule has 1 amide bonds. The van der Waals surface area contributed by atoms with Gasteiger partial charge in [0.2, 0.25) is 5.91 Å². The van der Waals surface area contributed by atoms with E-state index in [2.05, 4.69) is 9.97 Å². The Bertz CT molecular complexity index is 941. The number of pyridine rings is 2. The topological polar surface area (TPSA) is 92.7 Å². The molecule has 5 heteroatoms. The predicted octanol–water partition coefficient (Wildman–Crippen LogP) is 2.58. The molecular formula is C17H12N4O. The van der Waals surface area contributed by atoms with Crippen molar-refractivity contribution in [1.29, 1.82) is 5.26 Å². The van der Waals surface area contributed by atoms with Gasteiger partial charge in [0, 0.05) is 22.7 Å². The van der Waals surface area contributed by atoms with Crippen LogP contribution in [0.4, 0.5) is 0 Å². The molecule has 0 fully saturated rings. The number of nitriles is 1. The molecule has 0 saturated heterocycles. The zero-order valence-electron chi connectivity index (χ0n) is 11.9. The molecule has 3 rings (SSSR count). The number of primary amides is 1. The summed E-state index contributed by atoms with van der Waals surface area (Å²) in [5, 5.41) is 10.1. The van der Waals surface area contributed by atoms with E-state index in [1.165, 1.54) is 6.07 Å². The summed E-state index contributed by atoms with van der Waals surface area (Å²) in [6.45, 7) is 1.77. The molecule has 22 heavy (non-hydrogen) atoms. The summed E-state index contributed by atoms with van der Waals surface area (Å²) in [6.07, 6.45) is 1.73. The van der Waals surface area contributed by atoms with Gasteiger partial charge in [-0.2, -0.15) is 5.26 Å². The molecule has 0 saturated carbocycles. The van der Waals surface area contributed by atoms with Crippen molar-refractivity contribution in [2.24, 2.45) is 5.73 Å². The number of carbonyl (C=O) groups is 1. The van der Waals surface area contributed by atoms with Crippen LogP contribution in [0.5, 0.6) is 0 Å². The van der Waals surface area contributed by atoms with Gasteiger partial charge in [-0.15, -0.1) is 0 Å². The number of fused-ring (bicyclic) bond motifs is 1. The summed E-state index contributed by atoms with van der Waals surface area (Å²) in [6, 6.07) is 12.9. The van der Waals surface area contributed by atoms with Gasteiger partial charge in [-0.05, 0) is 36.8 Å². The van der Waals surface area contributed by atoms with E-state index >= 15 is 0 Å². The van der Waals surface area contributed by atoms with Crippen LogP contribution in [0.25, 0.3) is 22.2 Å². The second kappa shape index (κ2) is 5.26. The highest BCUT2D eigenvalue weighted by Gasteiger charge is 2.14. The highest BCUT2D eigenvalue weighted by Crippen LogP contribution is 2.27. The molecule has 1 aromatic carbocycles. The van der Waals surface area contributed by atoms with E-state index in [0.29, 0.717) is 16.8 Å². The maximum Gasteiger partial charge on any atom is 0.249 e. The second-order valence-corrected chi connectivity index (χ2v) is 4.92. The van der Waals surface area contributed by atoms with E-state index in [0.717, 1.165) is 16.5 Å². The monoisotopic (exact) mass is 288 g/mol. The van der Waals surface area contributed by atoms with Crippen LogP contribution in [0.1, 0.15) is 21.6 Å². The first kappa shape index (κ1) is 13.7. The van der Waals surface area contributed by atoms with Gasteiger partial charge in [0.25, 0.3) is 0 Å². The van der Waals surface area contributed by atoms with Crippen LogP contribution in [0.2, 0.25) is 0 Å². The fourth-order valence-electron chi connectivity index (χ4n) is 2.43. The molecule has 0 bridgehead atoms.